The first-order valence-corrected chi connectivity index (χ1v) is 10.0. The van der Waals surface area contributed by atoms with Crippen molar-refractivity contribution in [3.63, 3.8) is 0 Å². The van der Waals surface area contributed by atoms with Crippen LogP contribution >= 0.6 is 0 Å². The van der Waals surface area contributed by atoms with Gasteiger partial charge in [-0.1, -0.05) is 24.3 Å². The van der Waals surface area contributed by atoms with Crippen LogP contribution < -0.4 is 14.2 Å². The van der Waals surface area contributed by atoms with Crippen molar-refractivity contribution in [2.75, 3.05) is 13.2 Å². The van der Waals surface area contributed by atoms with Crippen molar-refractivity contribution in [1.29, 1.82) is 0 Å². The highest BCUT2D eigenvalue weighted by Crippen LogP contribution is 2.36. The largest absolute Gasteiger partial charge is 0.486 e. The summed E-state index contributed by atoms with van der Waals surface area (Å²) in [6, 6.07) is 14.5. The first kappa shape index (κ1) is 17.6. The van der Waals surface area contributed by atoms with Crippen LogP contribution in [0.4, 0.5) is 0 Å². The fraction of sp³-hybridized carbons (Fsp3) is 0.211. The van der Waals surface area contributed by atoms with Crippen LogP contribution in [0, 0.1) is 6.92 Å². The van der Waals surface area contributed by atoms with Crippen LogP contribution in [0.2, 0.25) is 0 Å². The molecule has 0 fully saturated rings. The number of sulfonamides is 1. The fourth-order valence-corrected chi connectivity index (χ4v) is 4.05. The van der Waals surface area contributed by atoms with Crippen LogP contribution in [0.1, 0.15) is 11.3 Å². The molecule has 27 heavy (non-hydrogen) atoms. The van der Waals surface area contributed by atoms with Gasteiger partial charge in [-0.2, -0.15) is 5.10 Å². The van der Waals surface area contributed by atoms with E-state index in [0.717, 1.165) is 16.9 Å². The summed E-state index contributed by atoms with van der Waals surface area (Å²) in [5.41, 5.74) is 2.47. The maximum atomic E-state index is 12.8. The molecule has 0 saturated heterocycles. The molecule has 1 N–H and O–H groups in total. The van der Waals surface area contributed by atoms with Crippen molar-refractivity contribution >= 4 is 10.0 Å². The molecule has 0 aliphatic carbocycles. The standard InChI is InChI=1S/C19H19N3O4S/c1-14-15(13-22(21-14)16-6-3-2-4-7-16)12-20-27(23,24)18-9-5-8-17-19(18)26-11-10-25-17/h2-9,13,20H,10-12H2,1H3. The van der Waals surface area contributed by atoms with Crippen LogP contribution in [0.15, 0.2) is 59.6 Å². The predicted molar refractivity (Wildman–Crippen MR) is 99.8 cm³/mol. The van der Waals surface area contributed by atoms with Gasteiger partial charge < -0.3 is 9.47 Å². The monoisotopic (exact) mass is 385 g/mol. The highest BCUT2D eigenvalue weighted by atomic mass is 32.2. The average Bonchev–Trinajstić information content (AvgIpc) is 3.07. The second kappa shape index (κ2) is 7.05. The SMILES string of the molecule is Cc1nn(-c2ccccc2)cc1CNS(=O)(=O)c1cccc2c1OCCO2. The molecule has 0 unspecified atom stereocenters. The third kappa shape index (κ3) is 3.54. The minimum Gasteiger partial charge on any atom is -0.486 e. The minimum atomic E-state index is -3.76. The Bertz CT molecular complexity index is 1060. The summed E-state index contributed by atoms with van der Waals surface area (Å²) in [6.07, 6.45) is 1.83. The van der Waals surface area contributed by atoms with E-state index in [1.165, 1.54) is 6.07 Å². The number of rotatable bonds is 5. The molecule has 2 aromatic carbocycles. The zero-order valence-corrected chi connectivity index (χ0v) is 15.6. The number of aromatic nitrogens is 2. The molecule has 0 atom stereocenters. The topological polar surface area (TPSA) is 82.5 Å². The van der Waals surface area contributed by atoms with Gasteiger partial charge in [0.1, 0.15) is 18.1 Å². The second-order valence-corrected chi connectivity index (χ2v) is 7.86. The van der Waals surface area contributed by atoms with E-state index in [-0.39, 0.29) is 17.2 Å². The molecule has 1 aliphatic rings. The molecule has 4 rings (SSSR count). The number of para-hydroxylation sites is 2. The van der Waals surface area contributed by atoms with Crippen molar-refractivity contribution in [2.24, 2.45) is 0 Å². The van der Waals surface area contributed by atoms with Crippen LogP contribution in [0.3, 0.4) is 0 Å². The number of hydrogen-bond acceptors (Lipinski definition) is 5. The van der Waals surface area contributed by atoms with Gasteiger partial charge in [0.2, 0.25) is 10.0 Å². The van der Waals surface area contributed by atoms with Gasteiger partial charge >= 0.3 is 0 Å². The summed E-state index contributed by atoms with van der Waals surface area (Å²) in [4.78, 5) is 0.0767. The molecular weight excluding hydrogens is 366 g/mol. The molecule has 140 valence electrons. The van der Waals surface area contributed by atoms with Gasteiger partial charge in [-0.3, -0.25) is 0 Å². The average molecular weight is 385 g/mol. The van der Waals surface area contributed by atoms with Gasteiger partial charge in [-0.05, 0) is 31.2 Å². The van der Waals surface area contributed by atoms with Crippen molar-refractivity contribution in [3.05, 3.63) is 66.0 Å². The molecule has 0 radical (unpaired) electrons. The number of nitrogens with one attached hydrogen (secondary N) is 1. The Hall–Kier alpha value is -2.84. The van der Waals surface area contributed by atoms with Crippen LogP contribution in [-0.4, -0.2) is 31.4 Å². The number of ether oxygens (including phenoxy) is 2. The summed E-state index contributed by atoms with van der Waals surface area (Å²) in [5, 5.41) is 4.46. The Morgan fingerprint density at radius 3 is 2.67 bits per heavy atom. The predicted octanol–water partition coefficient (Wildman–Crippen LogP) is 2.43. The minimum absolute atomic E-state index is 0.0767. The summed E-state index contributed by atoms with van der Waals surface area (Å²) >= 11 is 0. The summed E-state index contributed by atoms with van der Waals surface area (Å²) < 4.78 is 40.9. The number of hydrogen-bond donors (Lipinski definition) is 1. The zero-order chi connectivity index (χ0) is 18.9. The van der Waals surface area contributed by atoms with E-state index in [2.05, 4.69) is 9.82 Å². The molecule has 0 bridgehead atoms. The smallest absolute Gasteiger partial charge is 0.244 e. The number of fused-ring (bicyclic) bond motifs is 1. The van der Waals surface area contributed by atoms with Crippen molar-refractivity contribution < 1.29 is 17.9 Å². The van der Waals surface area contributed by atoms with Gasteiger partial charge in [0.05, 0.1) is 11.4 Å². The van der Waals surface area contributed by atoms with Gasteiger partial charge in [0, 0.05) is 18.3 Å². The maximum absolute atomic E-state index is 12.8. The first-order valence-electron chi connectivity index (χ1n) is 8.53. The lowest BCUT2D eigenvalue weighted by Gasteiger charge is -2.20. The lowest BCUT2D eigenvalue weighted by atomic mass is 10.3. The Morgan fingerprint density at radius 1 is 1.07 bits per heavy atom. The van der Waals surface area contributed by atoms with Crippen molar-refractivity contribution in [2.45, 2.75) is 18.4 Å². The summed E-state index contributed by atoms with van der Waals surface area (Å²) in [6.45, 7) is 2.71. The molecule has 0 spiro atoms. The van der Waals surface area contributed by atoms with Gasteiger partial charge in [0.25, 0.3) is 0 Å². The first-order chi connectivity index (χ1) is 13.0. The molecule has 1 aromatic heterocycles. The number of nitrogens with zero attached hydrogens (tertiary/aromatic N) is 2. The third-order valence-corrected chi connectivity index (χ3v) is 5.72. The summed E-state index contributed by atoms with van der Waals surface area (Å²) in [7, 11) is -3.76. The van der Waals surface area contributed by atoms with E-state index in [1.54, 1.807) is 16.8 Å². The van der Waals surface area contributed by atoms with Crippen LogP contribution in [-0.2, 0) is 16.6 Å². The highest BCUT2D eigenvalue weighted by Gasteiger charge is 2.25. The molecule has 3 aromatic rings. The molecule has 0 amide bonds. The number of aryl methyl sites for hydroxylation is 1. The van der Waals surface area contributed by atoms with E-state index >= 15 is 0 Å². The van der Waals surface area contributed by atoms with Crippen molar-refractivity contribution in [1.82, 2.24) is 14.5 Å². The highest BCUT2D eigenvalue weighted by molar-refractivity contribution is 7.89. The molecule has 8 heteroatoms. The van der Waals surface area contributed by atoms with Gasteiger partial charge in [-0.25, -0.2) is 17.8 Å². The number of benzene rings is 2. The lowest BCUT2D eigenvalue weighted by molar-refractivity contribution is 0.167. The molecular formula is C19H19N3O4S. The Kier molecular flexibility index (Phi) is 4.59. The third-order valence-electron chi connectivity index (χ3n) is 4.29. The Morgan fingerprint density at radius 2 is 1.85 bits per heavy atom. The van der Waals surface area contributed by atoms with E-state index in [4.69, 9.17) is 9.47 Å². The fourth-order valence-electron chi connectivity index (χ4n) is 2.89. The lowest BCUT2D eigenvalue weighted by Crippen LogP contribution is -2.25. The van der Waals surface area contributed by atoms with Gasteiger partial charge in [0.15, 0.2) is 11.5 Å². The summed E-state index contributed by atoms with van der Waals surface area (Å²) in [5.74, 6) is 0.699. The van der Waals surface area contributed by atoms with Gasteiger partial charge in [-0.15, -0.1) is 0 Å². The van der Waals surface area contributed by atoms with Crippen LogP contribution in [0.25, 0.3) is 5.69 Å². The van der Waals surface area contributed by atoms with E-state index in [1.807, 2.05) is 43.5 Å². The zero-order valence-electron chi connectivity index (χ0n) is 14.8. The molecule has 1 aliphatic heterocycles. The quantitative estimate of drug-likeness (QED) is 0.729. The Balaban J connectivity index is 1.56. The molecule has 0 saturated carbocycles. The van der Waals surface area contributed by atoms with E-state index in [0.29, 0.717) is 19.0 Å². The van der Waals surface area contributed by atoms with Crippen molar-refractivity contribution in [3.8, 4) is 17.2 Å². The normalized spacial score (nSPS) is 13.5. The van der Waals surface area contributed by atoms with E-state index < -0.39 is 10.0 Å². The van der Waals surface area contributed by atoms with Crippen LogP contribution in [0.5, 0.6) is 11.5 Å². The van der Waals surface area contributed by atoms with E-state index in [9.17, 15) is 8.42 Å². The molecule has 2 heterocycles. The molecule has 7 nitrogen and oxygen atoms in total. The Labute approximate surface area is 157 Å². The second-order valence-electron chi connectivity index (χ2n) is 6.12. The maximum Gasteiger partial charge on any atom is 0.244 e.